The zero-order valence-electron chi connectivity index (χ0n) is 15.0. The number of aromatic amines is 1. The van der Waals surface area contributed by atoms with Gasteiger partial charge < -0.3 is 10.3 Å². The molecule has 0 radical (unpaired) electrons. The highest BCUT2D eigenvalue weighted by Crippen LogP contribution is 2.25. The van der Waals surface area contributed by atoms with Crippen LogP contribution < -0.4 is 10.9 Å². The van der Waals surface area contributed by atoms with Crippen molar-refractivity contribution in [3.8, 4) is 0 Å². The average molecular weight is 369 g/mol. The lowest BCUT2D eigenvalue weighted by Gasteiger charge is -2.21. The molecule has 0 bridgehead atoms. The first-order valence-electron chi connectivity index (χ1n) is 8.85. The van der Waals surface area contributed by atoms with Gasteiger partial charge in [-0.25, -0.2) is 4.98 Å². The summed E-state index contributed by atoms with van der Waals surface area (Å²) in [7, 11) is 0. The number of fused-ring (bicyclic) bond motifs is 1. The molecule has 26 heavy (non-hydrogen) atoms. The number of rotatable bonds is 7. The Morgan fingerprint density at radius 3 is 2.77 bits per heavy atom. The Balaban J connectivity index is 1.57. The van der Waals surface area contributed by atoms with Crippen molar-refractivity contribution < 1.29 is 4.79 Å². The molecular weight excluding hydrogens is 346 g/mol. The Hall–Kier alpha value is -2.47. The number of hydrogen-bond donors (Lipinski definition) is 2. The minimum Gasteiger partial charge on any atom is -0.348 e. The molecule has 0 spiro atoms. The van der Waals surface area contributed by atoms with Gasteiger partial charge in [0, 0.05) is 17.7 Å². The van der Waals surface area contributed by atoms with Crippen LogP contribution in [0, 0.1) is 5.92 Å². The van der Waals surface area contributed by atoms with E-state index in [0.29, 0.717) is 41.9 Å². The molecule has 0 aliphatic heterocycles. The molecule has 0 aliphatic carbocycles. The van der Waals surface area contributed by atoms with Crippen LogP contribution in [0.3, 0.4) is 0 Å². The molecule has 6 heteroatoms. The zero-order valence-corrected chi connectivity index (χ0v) is 15.8. The van der Waals surface area contributed by atoms with Crippen molar-refractivity contribution in [1.82, 2.24) is 15.3 Å². The quantitative estimate of drug-likeness (QED) is 0.665. The van der Waals surface area contributed by atoms with Crippen molar-refractivity contribution in [2.75, 3.05) is 0 Å². The fourth-order valence-electron chi connectivity index (χ4n) is 2.95. The number of benzene rings is 1. The van der Waals surface area contributed by atoms with Gasteiger partial charge in [-0.05, 0) is 35.9 Å². The highest BCUT2D eigenvalue weighted by atomic mass is 32.1. The van der Waals surface area contributed by atoms with E-state index in [9.17, 15) is 9.59 Å². The Morgan fingerprint density at radius 1 is 1.23 bits per heavy atom. The van der Waals surface area contributed by atoms with Crippen molar-refractivity contribution in [3.05, 3.63) is 62.8 Å². The third-order valence-corrected chi connectivity index (χ3v) is 5.27. The fraction of sp³-hybridized carbons (Fsp3) is 0.350. The Morgan fingerprint density at radius 2 is 2.04 bits per heavy atom. The summed E-state index contributed by atoms with van der Waals surface area (Å²) in [6.07, 6.45) is 1.62. The van der Waals surface area contributed by atoms with Gasteiger partial charge in [0.1, 0.15) is 5.82 Å². The SMILES string of the molecule is CC(C)[C@H](NC(=O)CCCc1nc2ccccc2c(=O)[nH]1)c1cccs1. The minimum absolute atomic E-state index is 0.0280. The summed E-state index contributed by atoms with van der Waals surface area (Å²) in [5.74, 6) is 0.983. The number of aromatic nitrogens is 2. The Labute approximate surface area is 156 Å². The van der Waals surface area contributed by atoms with Crippen LogP contribution in [0.2, 0.25) is 0 Å². The Bertz CT molecular complexity index is 932. The first-order chi connectivity index (χ1) is 12.5. The minimum atomic E-state index is -0.132. The van der Waals surface area contributed by atoms with E-state index in [1.54, 1.807) is 17.4 Å². The van der Waals surface area contributed by atoms with Crippen LogP contribution in [0.5, 0.6) is 0 Å². The first-order valence-corrected chi connectivity index (χ1v) is 9.73. The van der Waals surface area contributed by atoms with Crippen LogP contribution in [0.15, 0.2) is 46.6 Å². The van der Waals surface area contributed by atoms with Crippen molar-refractivity contribution in [1.29, 1.82) is 0 Å². The summed E-state index contributed by atoms with van der Waals surface area (Å²) in [5.41, 5.74) is 0.556. The fourth-order valence-corrected chi connectivity index (χ4v) is 3.90. The lowest BCUT2D eigenvalue weighted by atomic mass is 10.0. The predicted molar refractivity (Wildman–Crippen MR) is 105 cm³/mol. The number of carbonyl (C=O) groups is 1. The third-order valence-electron chi connectivity index (χ3n) is 4.31. The highest BCUT2D eigenvalue weighted by Gasteiger charge is 2.19. The second-order valence-electron chi connectivity index (χ2n) is 6.69. The average Bonchev–Trinajstić information content (AvgIpc) is 3.14. The summed E-state index contributed by atoms with van der Waals surface area (Å²) in [5, 5.41) is 5.74. The molecule has 3 aromatic rings. The van der Waals surface area contributed by atoms with E-state index in [0.717, 1.165) is 0 Å². The number of nitrogens with zero attached hydrogens (tertiary/aromatic N) is 1. The second-order valence-corrected chi connectivity index (χ2v) is 7.67. The number of carbonyl (C=O) groups excluding carboxylic acids is 1. The summed E-state index contributed by atoms with van der Waals surface area (Å²) in [4.78, 5) is 32.9. The third kappa shape index (κ3) is 4.38. The maximum atomic E-state index is 12.3. The zero-order chi connectivity index (χ0) is 18.5. The van der Waals surface area contributed by atoms with E-state index in [4.69, 9.17) is 0 Å². The number of amides is 1. The van der Waals surface area contributed by atoms with E-state index in [-0.39, 0.29) is 17.5 Å². The van der Waals surface area contributed by atoms with Crippen LogP contribution in [0.25, 0.3) is 10.9 Å². The van der Waals surface area contributed by atoms with Crippen molar-refractivity contribution >= 4 is 28.1 Å². The number of nitrogens with one attached hydrogen (secondary N) is 2. The van der Waals surface area contributed by atoms with Crippen LogP contribution in [0.1, 0.15) is 43.4 Å². The normalized spacial score (nSPS) is 12.4. The van der Waals surface area contributed by atoms with Crippen LogP contribution in [-0.4, -0.2) is 15.9 Å². The van der Waals surface area contributed by atoms with E-state index in [1.807, 2.05) is 29.6 Å². The number of thiophene rings is 1. The standard InChI is InChI=1S/C20H23N3O2S/c1-13(2)19(16-9-6-12-26-16)23-18(24)11-5-10-17-21-15-8-4-3-7-14(15)20(25)22-17/h3-4,6-9,12-13,19H,5,10-11H2,1-2H3,(H,23,24)(H,21,22,25)/t19-/m0/s1. The molecule has 2 heterocycles. The summed E-state index contributed by atoms with van der Waals surface area (Å²) in [6.45, 7) is 4.21. The molecular formula is C20H23N3O2S. The van der Waals surface area contributed by atoms with Gasteiger partial charge in [-0.15, -0.1) is 11.3 Å². The Kier molecular flexibility index (Phi) is 5.83. The van der Waals surface area contributed by atoms with Crippen molar-refractivity contribution in [2.24, 2.45) is 5.92 Å². The smallest absolute Gasteiger partial charge is 0.258 e. The molecule has 1 atom stereocenters. The summed E-state index contributed by atoms with van der Waals surface area (Å²) in [6, 6.07) is 11.4. The van der Waals surface area contributed by atoms with Crippen LogP contribution >= 0.6 is 11.3 Å². The van der Waals surface area contributed by atoms with Gasteiger partial charge in [0.05, 0.1) is 16.9 Å². The van der Waals surface area contributed by atoms with Gasteiger partial charge in [0.15, 0.2) is 0 Å². The van der Waals surface area contributed by atoms with E-state index < -0.39 is 0 Å². The van der Waals surface area contributed by atoms with E-state index in [1.165, 1.54) is 4.88 Å². The molecule has 1 aromatic carbocycles. The number of hydrogen-bond acceptors (Lipinski definition) is 4. The molecule has 0 saturated carbocycles. The van der Waals surface area contributed by atoms with Gasteiger partial charge in [-0.3, -0.25) is 9.59 Å². The molecule has 136 valence electrons. The lowest BCUT2D eigenvalue weighted by molar-refractivity contribution is -0.122. The van der Waals surface area contributed by atoms with E-state index >= 15 is 0 Å². The maximum absolute atomic E-state index is 12.3. The molecule has 2 aromatic heterocycles. The van der Waals surface area contributed by atoms with Crippen molar-refractivity contribution in [2.45, 2.75) is 39.2 Å². The number of para-hydroxylation sites is 1. The lowest BCUT2D eigenvalue weighted by Crippen LogP contribution is -2.31. The molecule has 2 N–H and O–H groups in total. The molecule has 1 amide bonds. The summed E-state index contributed by atoms with van der Waals surface area (Å²) >= 11 is 1.66. The topological polar surface area (TPSA) is 74.8 Å². The maximum Gasteiger partial charge on any atom is 0.258 e. The van der Waals surface area contributed by atoms with Crippen LogP contribution in [0.4, 0.5) is 0 Å². The molecule has 0 saturated heterocycles. The van der Waals surface area contributed by atoms with Gasteiger partial charge in [0.2, 0.25) is 5.91 Å². The van der Waals surface area contributed by atoms with Gasteiger partial charge in [-0.1, -0.05) is 32.0 Å². The molecule has 5 nitrogen and oxygen atoms in total. The first kappa shape index (κ1) is 18.3. The van der Waals surface area contributed by atoms with Gasteiger partial charge >= 0.3 is 0 Å². The van der Waals surface area contributed by atoms with Crippen molar-refractivity contribution in [3.63, 3.8) is 0 Å². The monoisotopic (exact) mass is 369 g/mol. The largest absolute Gasteiger partial charge is 0.348 e. The number of H-pyrrole nitrogens is 1. The summed E-state index contributed by atoms with van der Waals surface area (Å²) < 4.78 is 0. The van der Waals surface area contributed by atoms with Gasteiger partial charge in [-0.2, -0.15) is 0 Å². The predicted octanol–water partition coefficient (Wildman–Crippen LogP) is 3.82. The van der Waals surface area contributed by atoms with Gasteiger partial charge in [0.25, 0.3) is 5.56 Å². The molecule has 0 unspecified atom stereocenters. The van der Waals surface area contributed by atoms with Crippen LogP contribution in [-0.2, 0) is 11.2 Å². The molecule has 3 rings (SSSR count). The molecule has 0 aliphatic rings. The molecule has 0 fully saturated rings. The van der Waals surface area contributed by atoms with E-state index in [2.05, 4.69) is 35.2 Å². The number of aryl methyl sites for hydroxylation is 1. The highest BCUT2D eigenvalue weighted by molar-refractivity contribution is 7.10. The second kappa shape index (κ2) is 8.27.